The second-order valence-corrected chi connectivity index (χ2v) is 4.04. The number of aliphatic hydroxyl groups excluding tert-OH is 1. The van der Waals surface area contributed by atoms with Gasteiger partial charge in [0, 0.05) is 18.1 Å². The summed E-state index contributed by atoms with van der Waals surface area (Å²) in [5.41, 5.74) is 0.843. The van der Waals surface area contributed by atoms with Crippen LogP contribution in [0.1, 0.15) is 11.7 Å². The average Bonchev–Trinajstić information content (AvgIpc) is 2.80. The van der Waals surface area contributed by atoms with Crippen molar-refractivity contribution in [2.45, 2.75) is 6.10 Å². The first-order valence-electron chi connectivity index (χ1n) is 5.21. The van der Waals surface area contributed by atoms with E-state index in [-0.39, 0.29) is 0 Å². The van der Waals surface area contributed by atoms with Crippen molar-refractivity contribution >= 4 is 17.6 Å². The van der Waals surface area contributed by atoms with Gasteiger partial charge in [-0.25, -0.2) is 0 Å². The molecule has 0 fully saturated rings. The maximum atomic E-state index is 9.88. The third kappa shape index (κ3) is 2.87. The number of nitrogens with one attached hydrogen (secondary N) is 2. The van der Waals surface area contributed by atoms with Crippen molar-refractivity contribution in [1.29, 1.82) is 0 Å². The Morgan fingerprint density at radius 2 is 2.19 bits per heavy atom. The van der Waals surface area contributed by atoms with Crippen molar-refractivity contribution in [3.63, 3.8) is 0 Å². The molecule has 86 valence electrons. The molecule has 0 aromatic heterocycles. The number of benzene rings is 1. The molecule has 1 aliphatic rings. The maximum Gasteiger partial charge on any atom is 0.191 e. The van der Waals surface area contributed by atoms with E-state index in [1.165, 1.54) is 0 Å². The van der Waals surface area contributed by atoms with Crippen molar-refractivity contribution in [2.75, 3.05) is 19.6 Å². The molecule has 1 heterocycles. The molecule has 0 aliphatic carbocycles. The Morgan fingerprint density at radius 3 is 2.81 bits per heavy atom. The lowest BCUT2D eigenvalue weighted by atomic mass is 10.1. The van der Waals surface area contributed by atoms with Crippen molar-refractivity contribution < 1.29 is 5.11 Å². The summed E-state index contributed by atoms with van der Waals surface area (Å²) in [5.74, 6) is 0.757. The van der Waals surface area contributed by atoms with Crippen LogP contribution >= 0.6 is 11.6 Å². The van der Waals surface area contributed by atoms with Gasteiger partial charge >= 0.3 is 0 Å². The molecule has 5 heteroatoms. The molecule has 1 aliphatic heterocycles. The molecular formula is C11H14ClN3O. The second-order valence-electron chi connectivity index (χ2n) is 3.61. The van der Waals surface area contributed by atoms with Crippen LogP contribution in [0.4, 0.5) is 0 Å². The molecule has 0 saturated heterocycles. The van der Waals surface area contributed by atoms with Crippen LogP contribution in [0.2, 0.25) is 5.02 Å². The molecule has 2 rings (SSSR count). The minimum Gasteiger partial charge on any atom is -0.387 e. The molecule has 1 atom stereocenters. The Balaban J connectivity index is 1.87. The molecule has 4 nitrogen and oxygen atoms in total. The Kier molecular flexibility index (Phi) is 3.64. The van der Waals surface area contributed by atoms with E-state index >= 15 is 0 Å². The highest BCUT2D eigenvalue weighted by atomic mass is 35.5. The summed E-state index contributed by atoms with van der Waals surface area (Å²) in [6.45, 7) is 2.09. The zero-order valence-corrected chi connectivity index (χ0v) is 9.54. The van der Waals surface area contributed by atoms with E-state index in [4.69, 9.17) is 11.6 Å². The summed E-state index contributed by atoms with van der Waals surface area (Å²) in [6.07, 6.45) is -0.553. The van der Waals surface area contributed by atoms with Crippen LogP contribution in [0.5, 0.6) is 0 Å². The van der Waals surface area contributed by atoms with Crippen LogP contribution in [0.25, 0.3) is 0 Å². The highest BCUT2D eigenvalue weighted by Crippen LogP contribution is 2.15. The van der Waals surface area contributed by atoms with E-state index in [0.717, 1.165) is 24.6 Å². The Hall–Kier alpha value is -1.26. The quantitative estimate of drug-likeness (QED) is 0.735. The SMILES string of the molecule is OC(CNC1=NCCN1)c1ccc(Cl)cc1. The highest BCUT2D eigenvalue weighted by Gasteiger charge is 2.09. The molecule has 3 N–H and O–H groups in total. The first-order chi connectivity index (χ1) is 7.75. The third-order valence-electron chi connectivity index (χ3n) is 2.39. The molecule has 0 bridgehead atoms. The molecule has 1 unspecified atom stereocenters. The smallest absolute Gasteiger partial charge is 0.191 e. The fourth-order valence-corrected chi connectivity index (χ4v) is 1.64. The lowest BCUT2D eigenvalue weighted by Gasteiger charge is -2.13. The van der Waals surface area contributed by atoms with Crippen molar-refractivity contribution in [1.82, 2.24) is 10.6 Å². The predicted molar refractivity (Wildman–Crippen MR) is 64.7 cm³/mol. The monoisotopic (exact) mass is 239 g/mol. The summed E-state index contributed by atoms with van der Waals surface area (Å²) in [5, 5.41) is 16.7. The number of aliphatic imine (C=N–C) groups is 1. The minimum absolute atomic E-state index is 0.438. The van der Waals surface area contributed by atoms with Gasteiger partial charge in [0.05, 0.1) is 12.6 Å². The van der Waals surface area contributed by atoms with Crippen LogP contribution in [-0.4, -0.2) is 30.7 Å². The van der Waals surface area contributed by atoms with E-state index in [2.05, 4.69) is 15.6 Å². The molecule has 0 saturated carbocycles. The summed E-state index contributed by atoms with van der Waals surface area (Å²) in [6, 6.07) is 7.17. The van der Waals surface area contributed by atoms with Crippen molar-refractivity contribution in [2.24, 2.45) is 4.99 Å². The van der Waals surface area contributed by atoms with Gasteiger partial charge in [0.1, 0.15) is 0 Å². The van der Waals surface area contributed by atoms with Crippen LogP contribution in [0.3, 0.4) is 0 Å². The molecule has 16 heavy (non-hydrogen) atoms. The van der Waals surface area contributed by atoms with Crippen LogP contribution in [0.15, 0.2) is 29.3 Å². The minimum atomic E-state index is -0.553. The predicted octanol–water partition coefficient (Wildman–Crippen LogP) is 0.922. The number of guanidine groups is 1. The first-order valence-corrected chi connectivity index (χ1v) is 5.59. The lowest BCUT2D eigenvalue weighted by Crippen LogP contribution is -2.36. The van der Waals surface area contributed by atoms with Gasteiger partial charge in [0.15, 0.2) is 5.96 Å². The Labute approximate surface area is 99.3 Å². The standard InChI is InChI=1S/C11H14ClN3O/c12-9-3-1-8(2-4-9)10(16)7-15-11-13-5-6-14-11/h1-4,10,16H,5-7H2,(H2,13,14,15). The molecule has 1 aromatic carbocycles. The zero-order valence-electron chi connectivity index (χ0n) is 8.78. The van der Waals surface area contributed by atoms with E-state index in [1.54, 1.807) is 12.1 Å². The summed E-state index contributed by atoms with van der Waals surface area (Å²) in [7, 11) is 0. The Bertz CT molecular complexity index is 377. The highest BCUT2D eigenvalue weighted by molar-refractivity contribution is 6.30. The summed E-state index contributed by atoms with van der Waals surface area (Å²) >= 11 is 5.77. The van der Waals surface area contributed by atoms with Gasteiger partial charge in [-0.2, -0.15) is 0 Å². The van der Waals surface area contributed by atoms with Gasteiger partial charge in [-0.05, 0) is 17.7 Å². The molecule has 1 aromatic rings. The Morgan fingerprint density at radius 1 is 1.44 bits per heavy atom. The number of hydrogen-bond acceptors (Lipinski definition) is 4. The second kappa shape index (κ2) is 5.18. The van der Waals surface area contributed by atoms with E-state index in [1.807, 2.05) is 12.1 Å². The van der Waals surface area contributed by atoms with Gasteiger partial charge < -0.3 is 15.7 Å². The molecular weight excluding hydrogens is 226 g/mol. The van der Waals surface area contributed by atoms with E-state index < -0.39 is 6.10 Å². The van der Waals surface area contributed by atoms with Gasteiger partial charge in [-0.3, -0.25) is 4.99 Å². The third-order valence-corrected chi connectivity index (χ3v) is 2.64. The maximum absolute atomic E-state index is 9.88. The molecule has 0 radical (unpaired) electrons. The number of nitrogens with zero attached hydrogens (tertiary/aromatic N) is 1. The fourth-order valence-electron chi connectivity index (χ4n) is 1.51. The van der Waals surface area contributed by atoms with Crippen LogP contribution in [-0.2, 0) is 0 Å². The topological polar surface area (TPSA) is 56.6 Å². The van der Waals surface area contributed by atoms with Gasteiger partial charge in [-0.1, -0.05) is 23.7 Å². The number of aliphatic hydroxyl groups is 1. The van der Waals surface area contributed by atoms with Crippen molar-refractivity contribution in [3.8, 4) is 0 Å². The lowest BCUT2D eigenvalue weighted by molar-refractivity contribution is 0.181. The van der Waals surface area contributed by atoms with E-state index in [9.17, 15) is 5.11 Å². The van der Waals surface area contributed by atoms with Crippen LogP contribution in [0, 0.1) is 0 Å². The van der Waals surface area contributed by atoms with Gasteiger partial charge in [-0.15, -0.1) is 0 Å². The normalized spacial score (nSPS) is 16.5. The van der Waals surface area contributed by atoms with Crippen LogP contribution < -0.4 is 10.6 Å². The largest absolute Gasteiger partial charge is 0.387 e. The summed E-state index contributed by atoms with van der Waals surface area (Å²) in [4.78, 5) is 4.18. The van der Waals surface area contributed by atoms with Gasteiger partial charge in [0.25, 0.3) is 0 Å². The number of rotatable bonds is 3. The number of halogens is 1. The molecule has 0 amide bonds. The first kappa shape index (κ1) is 11.2. The molecule has 0 spiro atoms. The van der Waals surface area contributed by atoms with Gasteiger partial charge in [0.2, 0.25) is 0 Å². The fraction of sp³-hybridized carbons (Fsp3) is 0.364. The van der Waals surface area contributed by atoms with E-state index in [0.29, 0.717) is 11.6 Å². The van der Waals surface area contributed by atoms with Crippen molar-refractivity contribution in [3.05, 3.63) is 34.9 Å². The number of hydrogen-bond donors (Lipinski definition) is 3. The summed E-state index contributed by atoms with van der Waals surface area (Å²) < 4.78 is 0. The zero-order chi connectivity index (χ0) is 11.4. The average molecular weight is 240 g/mol.